The maximum atomic E-state index is 5.17. The highest BCUT2D eigenvalue weighted by Crippen LogP contribution is 2.56. The molecule has 0 saturated heterocycles. The summed E-state index contributed by atoms with van der Waals surface area (Å²) in [6.45, 7) is 34.8. The van der Waals surface area contributed by atoms with Gasteiger partial charge < -0.3 is 4.57 Å². The molecule has 1 aliphatic carbocycles. The van der Waals surface area contributed by atoms with Gasteiger partial charge in [0, 0.05) is 51.6 Å². The number of pyridine rings is 3. The Kier molecular flexibility index (Phi) is 19.4. The van der Waals surface area contributed by atoms with Crippen molar-refractivity contribution in [3.8, 4) is 106 Å². The van der Waals surface area contributed by atoms with Gasteiger partial charge in [-0.05, 0) is 243 Å². The van der Waals surface area contributed by atoms with Crippen molar-refractivity contribution < 1.29 is 0 Å². The van der Waals surface area contributed by atoms with Gasteiger partial charge in [-0.15, -0.1) is 0 Å². The van der Waals surface area contributed by atoms with E-state index in [1.807, 2.05) is 18.6 Å². The van der Waals surface area contributed by atoms with Gasteiger partial charge in [-0.3, -0.25) is 15.0 Å². The maximum absolute atomic E-state index is 5.17. The highest BCUT2D eigenvalue weighted by molar-refractivity contribution is 6.11. The van der Waals surface area contributed by atoms with Crippen molar-refractivity contribution in [1.82, 2.24) is 19.5 Å². The lowest BCUT2D eigenvalue weighted by Gasteiger charge is -2.39. The number of benzene rings is 11. The number of fused-ring (bicyclic) bond motifs is 3. The zero-order valence-corrected chi connectivity index (χ0v) is 67.5. The molecule has 4 heteroatoms. The molecule has 0 N–H and O–H groups in total. The molecule has 0 radical (unpaired) electrons. The summed E-state index contributed by atoms with van der Waals surface area (Å²) in [7, 11) is 0. The lowest BCUT2D eigenvalue weighted by atomic mass is 9.65. The van der Waals surface area contributed by atoms with Crippen molar-refractivity contribution in [3.05, 3.63) is 348 Å². The van der Waals surface area contributed by atoms with E-state index in [0.717, 1.165) is 69.8 Å². The predicted octanol–water partition coefficient (Wildman–Crippen LogP) is 29.3. The SMILES string of the molecule is CC(C)(C)c1ccnc(-c2ccc(-c3cc(C(C)(C)C)ccc3C3CC(c4ccc(C(C)(C)C)cc4-c4ccc(-c5cc(C(C)(C)C)ccn5)cc4-c4ccccc4)CC(c4ccccc4-c4ccc(-c5cc(C(C)(C)C)ccn5)cc4-n4c5ccccc5c5cc(-c6ccccc6)ccc54)C3)c(-c3ccccc3)c2)c1. The van der Waals surface area contributed by atoms with Crippen LogP contribution in [0.15, 0.2) is 304 Å². The zero-order valence-electron chi connectivity index (χ0n) is 67.5. The summed E-state index contributed by atoms with van der Waals surface area (Å²) in [5, 5.41) is 2.44. The molecular weight excluding hydrogens is 1340 g/mol. The van der Waals surface area contributed by atoms with E-state index in [1.165, 1.54) is 122 Å². The number of hydrogen-bond donors (Lipinski definition) is 0. The van der Waals surface area contributed by atoms with Crippen molar-refractivity contribution >= 4 is 21.8 Å². The minimum Gasteiger partial charge on any atom is -0.309 e. The number of nitrogens with zero attached hydrogens (tertiary/aromatic N) is 4. The van der Waals surface area contributed by atoms with Gasteiger partial charge in [-0.1, -0.05) is 316 Å². The number of hydrogen-bond acceptors (Lipinski definition) is 3. The highest BCUT2D eigenvalue weighted by atomic mass is 15.0. The van der Waals surface area contributed by atoms with Gasteiger partial charge in [0.1, 0.15) is 0 Å². The Balaban J connectivity index is 0.936. The third-order valence-corrected chi connectivity index (χ3v) is 23.7. The Bertz CT molecular complexity index is 5740. The minimum absolute atomic E-state index is 0.0384. The fraction of sp³-hybridized carbons (Fsp3) is 0.243. The van der Waals surface area contributed by atoms with Crippen LogP contribution in [-0.4, -0.2) is 19.5 Å². The highest BCUT2D eigenvalue weighted by Gasteiger charge is 2.37. The summed E-state index contributed by atoms with van der Waals surface area (Å²) in [6, 6.07) is 109. The fourth-order valence-electron chi connectivity index (χ4n) is 17.3. The molecule has 4 nitrogen and oxygen atoms in total. The van der Waals surface area contributed by atoms with Crippen LogP contribution >= 0.6 is 0 Å². The molecule has 1 fully saturated rings. The van der Waals surface area contributed by atoms with Crippen molar-refractivity contribution in [1.29, 1.82) is 0 Å². The van der Waals surface area contributed by atoms with E-state index in [0.29, 0.717) is 0 Å². The average Bonchev–Trinajstić information content (AvgIpc) is 1.66. The normalized spacial score (nSPS) is 15.1. The van der Waals surface area contributed by atoms with Crippen LogP contribution in [-0.2, 0) is 27.1 Å². The quantitative estimate of drug-likeness (QED) is 0.116. The Labute approximate surface area is 659 Å². The number of para-hydroxylation sites is 1. The second-order valence-electron chi connectivity index (χ2n) is 36.5. The number of aromatic nitrogens is 4. The molecule has 0 amide bonds. The predicted molar refractivity (Wildman–Crippen MR) is 472 cm³/mol. The van der Waals surface area contributed by atoms with E-state index >= 15 is 0 Å². The minimum atomic E-state index is -0.131. The van der Waals surface area contributed by atoms with Crippen molar-refractivity contribution in [2.75, 3.05) is 0 Å². The Morgan fingerprint density at radius 1 is 0.234 bits per heavy atom. The van der Waals surface area contributed by atoms with E-state index in [4.69, 9.17) is 15.0 Å². The van der Waals surface area contributed by atoms with Gasteiger partial charge in [-0.25, -0.2) is 0 Å². The maximum Gasteiger partial charge on any atom is 0.0705 e. The Hall–Kier alpha value is -11.3. The molecule has 1 aliphatic rings. The lowest BCUT2D eigenvalue weighted by Crippen LogP contribution is -2.22. The van der Waals surface area contributed by atoms with Crippen LogP contribution in [0.5, 0.6) is 0 Å². The lowest BCUT2D eigenvalue weighted by molar-refractivity contribution is 0.352. The van der Waals surface area contributed by atoms with Gasteiger partial charge >= 0.3 is 0 Å². The van der Waals surface area contributed by atoms with Crippen LogP contribution in [0, 0.1) is 0 Å². The molecule has 2 unspecified atom stereocenters. The Morgan fingerprint density at radius 3 is 1.05 bits per heavy atom. The fourth-order valence-corrected chi connectivity index (χ4v) is 17.3. The second kappa shape index (κ2) is 29.2. The van der Waals surface area contributed by atoms with E-state index in [1.54, 1.807) is 0 Å². The largest absolute Gasteiger partial charge is 0.309 e. The summed E-state index contributed by atoms with van der Waals surface area (Å²) >= 11 is 0. The molecule has 0 spiro atoms. The first-order valence-electron chi connectivity index (χ1n) is 40.1. The van der Waals surface area contributed by atoms with Gasteiger partial charge in [-0.2, -0.15) is 0 Å². The molecule has 0 aliphatic heterocycles. The summed E-state index contributed by atoms with van der Waals surface area (Å²) in [6.07, 6.45) is 8.79. The van der Waals surface area contributed by atoms with E-state index in [-0.39, 0.29) is 44.8 Å². The first-order valence-corrected chi connectivity index (χ1v) is 40.1. The molecule has 2 atom stereocenters. The van der Waals surface area contributed by atoms with Gasteiger partial charge in [0.05, 0.1) is 33.8 Å². The van der Waals surface area contributed by atoms with Crippen LogP contribution in [0.4, 0.5) is 0 Å². The van der Waals surface area contributed by atoms with Gasteiger partial charge in [0.15, 0.2) is 0 Å². The van der Waals surface area contributed by atoms with Crippen LogP contribution in [0.3, 0.4) is 0 Å². The van der Waals surface area contributed by atoms with Gasteiger partial charge in [0.25, 0.3) is 0 Å². The van der Waals surface area contributed by atoms with E-state index < -0.39 is 0 Å². The molecular formula is C107H104N4. The van der Waals surface area contributed by atoms with Crippen molar-refractivity contribution in [2.45, 2.75) is 168 Å². The van der Waals surface area contributed by atoms with Gasteiger partial charge in [0.2, 0.25) is 0 Å². The molecule has 4 heterocycles. The molecule has 4 aromatic heterocycles. The average molecular weight is 1450 g/mol. The Morgan fingerprint density at radius 2 is 0.595 bits per heavy atom. The first-order chi connectivity index (χ1) is 53.2. The molecule has 1 saturated carbocycles. The standard InChI is InChI=1S/C107H104N4/c1-103(2,3)79-43-48-85(94(64-79)88-45-39-73(61-92(88)70-31-21-17-22-32-70)97-66-81(51-54-108-97)105(7,8)9)77-57-76(58-78(59-77)86-49-44-80(104(4,5)6)65-95(86)89-46-40-74(62-93(89)71-33-23-18-24-34-71)98-67-82(52-55-109-98)106(10,11)12)84-35-25-26-36-87(84)91-47-41-75(99-68-83(53-56-110-99)107(13,14)15)63-102(91)111-100-38-28-27-37-90(100)96-60-72(42-50-101(96)111)69-29-19-16-20-30-69/h16-56,60-68,76-78H,57-59H2,1-15H3. The summed E-state index contributed by atoms with van der Waals surface area (Å²) in [4.78, 5) is 15.3. The monoisotopic (exact) mass is 1440 g/mol. The molecule has 0 bridgehead atoms. The smallest absolute Gasteiger partial charge is 0.0705 e. The first kappa shape index (κ1) is 73.8. The van der Waals surface area contributed by atoms with Crippen molar-refractivity contribution in [2.24, 2.45) is 0 Å². The third kappa shape index (κ3) is 14.9. The second-order valence-corrected chi connectivity index (χ2v) is 36.5. The topological polar surface area (TPSA) is 43.6 Å². The van der Waals surface area contributed by atoms with Crippen molar-refractivity contribution in [3.63, 3.8) is 0 Å². The molecule has 16 rings (SSSR count). The molecule has 111 heavy (non-hydrogen) atoms. The molecule has 11 aromatic carbocycles. The van der Waals surface area contributed by atoms with Crippen LogP contribution in [0.2, 0.25) is 0 Å². The number of rotatable bonds is 13. The van der Waals surface area contributed by atoms with E-state index in [2.05, 4.69) is 394 Å². The van der Waals surface area contributed by atoms with E-state index in [9.17, 15) is 0 Å². The van der Waals surface area contributed by atoms with Crippen LogP contribution in [0.1, 0.15) is 185 Å². The molecule has 552 valence electrons. The summed E-state index contributed by atoms with van der Waals surface area (Å²) < 4.78 is 2.56. The van der Waals surface area contributed by atoms with Crippen LogP contribution in [0.25, 0.3) is 128 Å². The zero-order chi connectivity index (χ0) is 77.3. The summed E-state index contributed by atoms with van der Waals surface area (Å²) in [5.41, 5.74) is 34.4. The third-order valence-electron chi connectivity index (χ3n) is 23.7. The van der Waals surface area contributed by atoms with Crippen LogP contribution < -0.4 is 0 Å². The molecule has 15 aromatic rings. The summed E-state index contributed by atoms with van der Waals surface area (Å²) in [5.74, 6) is 0.338.